The molecule has 0 bridgehead atoms. The number of amides is 1. The summed E-state index contributed by atoms with van der Waals surface area (Å²) >= 11 is 5.63. The van der Waals surface area contributed by atoms with E-state index in [1.165, 1.54) is 0 Å². The van der Waals surface area contributed by atoms with Crippen molar-refractivity contribution in [3.05, 3.63) is 29.8 Å². The maximum Gasteiger partial charge on any atom is 0.228 e. The summed E-state index contributed by atoms with van der Waals surface area (Å²) in [7, 11) is 0. The Kier molecular flexibility index (Phi) is 4.58. The van der Waals surface area contributed by atoms with Gasteiger partial charge in [-0.1, -0.05) is 19.1 Å². The van der Waals surface area contributed by atoms with Crippen LogP contribution in [-0.2, 0) is 14.3 Å². The summed E-state index contributed by atoms with van der Waals surface area (Å²) in [4.78, 5) is 11.6. The number of rotatable bonds is 4. The van der Waals surface area contributed by atoms with Gasteiger partial charge in [-0.3, -0.25) is 4.79 Å². The van der Waals surface area contributed by atoms with Gasteiger partial charge in [0, 0.05) is 23.0 Å². The largest absolute Gasteiger partial charge is 0.346 e. The van der Waals surface area contributed by atoms with Gasteiger partial charge in [-0.2, -0.15) is 0 Å². The van der Waals surface area contributed by atoms with Gasteiger partial charge in [0.2, 0.25) is 5.91 Å². The van der Waals surface area contributed by atoms with Crippen LogP contribution >= 0.6 is 11.6 Å². The lowest BCUT2D eigenvalue weighted by Crippen LogP contribution is -2.21. The zero-order valence-electron chi connectivity index (χ0n) is 10.2. The fourth-order valence-electron chi connectivity index (χ4n) is 1.61. The summed E-state index contributed by atoms with van der Waals surface area (Å²) in [6, 6.07) is 7.44. The Hall–Kier alpha value is -1.10. The normalized spacial score (nSPS) is 17.7. The smallest absolute Gasteiger partial charge is 0.228 e. The van der Waals surface area contributed by atoms with Crippen LogP contribution in [0.5, 0.6) is 0 Å². The van der Waals surface area contributed by atoms with E-state index in [1.807, 2.05) is 24.3 Å². The van der Waals surface area contributed by atoms with Crippen LogP contribution in [0.15, 0.2) is 24.3 Å². The van der Waals surface area contributed by atoms with Crippen LogP contribution < -0.4 is 5.32 Å². The molecule has 0 saturated carbocycles. The Bertz CT molecular complexity index is 401. The van der Waals surface area contributed by atoms with E-state index in [-0.39, 0.29) is 18.1 Å². The molecule has 1 aromatic rings. The van der Waals surface area contributed by atoms with E-state index in [9.17, 15) is 4.79 Å². The lowest BCUT2D eigenvalue weighted by atomic mass is 10.1. The molecule has 1 atom stereocenters. The molecule has 2 rings (SSSR count). The number of carbonyl (C=O) groups is 1. The molecule has 1 aromatic carbocycles. The molecule has 1 heterocycles. The number of hydrogen-bond acceptors (Lipinski definition) is 3. The van der Waals surface area contributed by atoms with Crippen molar-refractivity contribution in [1.29, 1.82) is 0 Å². The predicted octanol–water partition coefficient (Wildman–Crippen LogP) is 2.55. The van der Waals surface area contributed by atoms with Gasteiger partial charge in [-0.25, -0.2) is 0 Å². The molecule has 1 fully saturated rings. The van der Waals surface area contributed by atoms with Crippen LogP contribution in [0.3, 0.4) is 0 Å². The molecule has 1 aliphatic rings. The summed E-state index contributed by atoms with van der Waals surface area (Å²) in [5.74, 6) is 0.0344. The van der Waals surface area contributed by atoms with E-state index >= 15 is 0 Å². The maximum absolute atomic E-state index is 11.6. The van der Waals surface area contributed by atoms with Crippen molar-refractivity contribution in [3.8, 4) is 0 Å². The second-order valence-corrected chi connectivity index (χ2v) is 4.55. The van der Waals surface area contributed by atoms with Gasteiger partial charge in [0.15, 0.2) is 6.29 Å². The first kappa shape index (κ1) is 13.3. The molecular weight excluding hydrogens is 254 g/mol. The first-order valence-corrected chi connectivity index (χ1v) is 6.44. The SMILES string of the molecule is CC(CCl)C(=O)Nc1ccc(C2OCCO2)cc1. The molecule has 0 radical (unpaired) electrons. The predicted molar refractivity (Wildman–Crippen MR) is 69.6 cm³/mol. The third-order valence-corrected chi connectivity index (χ3v) is 3.21. The van der Waals surface area contributed by atoms with Crippen LogP contribution in [0.4, 0.5) is 5.69 Å². The van der Waals surface area contributed by atoms with Gasteiger partial charge < -0.3 is 14.8 Å². The number of hydrogen-bond donors (Lipinski definition) is 1. The van der Waals surface area contributed by atoms with Crippen molar-refractivity contribution in [2.24, 2.45) is 5.92 Å². The van der Waals surface area contributed by atoms with E-state index in [1.54, 1.807) is 6.92 Å². The van der Waals surface area contributed by atoms with Crippen molar-refractivity contribution in [2.45, 2.75) is 13.2 Å². The van der Waals surface area contributed by atoms with Crippen molar-refractivity contribution >= 4 is 23.2 Å². The van der Waals surface area contributed by atoms with Gasteiger partial charge >= 0.3 is 0 Å². The highest BCUT2D eigenvalue weighted by molar-refractivity contribution is 6.19. The molecule has 0 spiro atoms. The van der Waals surface area contributed by atoms with Crippen molar-refractivity contribution in [3.63, 3.8) is 0 Å². The molecule has 1 saturated heterocycles. The van der Waals surface area contributed by atoms with Crippen LogP contribution in [0.2, 0.25) is 0 Å². The molecule has 1 N–H and O–H groups in total. The minimum absolute atomic E-state index is 0.0777. The first-order valence-electron chi connectivity index (χ1n) is 5.90. The van der Waals surface area contributed by atoms with E-state index in [2.05, 4.69) is 5.32 Å². The van der Waals surface area contributed by atoms with Crippen LogP contribution in [0, 0.1) is 5.92 Å². The number of alkyl halides is 1. The average molecular weight is 270 g/mol. The molecule has 4 nitrogen and oxygen atoms in total. The first-order chi connectivity index (χ1) is 8.70. The van der Waals surface area contributed by atoms with E-state index < -0.39 is 0 Å². The highest BCUT2D eigenvalue weighted by Gasteiger charge is 2.18. The number of halogens is 1. The Morgan fingerprint density at radius 2 is 2.00 bits per heavy atom. The lowest BCUT2D eigenvalue weighted by Gasteiger charge is -2.12. The van der Waals surface area contributed by atoms with Gasteiger partial charge in [0.05, 0.1) is 13.2 Å². The molecule has 18 heavy (non-hydrogen) atoms. The molecule has 1 unspecified atom stereocenters. The van der Waals surface area contributed by atoms with Gasteiger partial charge in [-0.05, 0) is 12.1 Å². The molecule has 5 heteroatoms. The van der Waals surface area contributed by atoms with Crippen LogP contribution in [0.1, 0.15) is 18.8 Å². The van der Waals surface area contributed by atoms with Crippen LogP contribution in [-0.4, -0.2) is 25.0 Å². The van der Waals surface area contributed by atoms with Gasteiger partial charge in [0.25, 0.3) is 0 Å². The molecule has 0 aliphatic carbocycles. The lowest BCUT2D eigenvalue weighted by molar-refractivity contribution is -0.118. The summed E-state index contributed by atoms with van der Waals surface area (Å²) in [5, 5.41) is 2.81. The van der Waals surface area contributed by atoms with Crippen molar-refractivity contribution in [2.75, 3.05) is 24.4 Å². The fraction of sp³-hybridized carbons (Fsp3) is 0.462. The number of carbonyl (C=O) groups excluding carboxylic acids is 1. The van der Waals surface area contributed by atoms with Crippen molar-refractivity contribution < 1.29 is 14.3 Å². The molecule has 0 aromatic heterocycles. The second-order valence-electron chi connectivity index (χ2n) is 4.24. The van der Waals surface area contributed by atoms with Gasteiger partial charge in [0.1, 0.15) is 0 Å². The number of benzene rings is 1. The minimum atomic E-state index is -0.281. The number of ether oxygens (including phenoxy) is 2. The van der Waals surface area contributed by atoms with Gasteiger partial charge in [-0.15, -0.1) is 11.6 Å². The van der Waals surface area contributed by atoms with Crippen LogP contribution in [0.25, 0.3) is 0 Å². The second kappa shape index (κ2) is 6.18. The monoisotopic (exact) mass is 269 g/mol. The summed E-state index contributed by atoms with van der Waals surface area (Å²) < 4.78 is 10.8. The number of nitrogens with one attached hydrogen (secondary N) is 1. The standard InChI is InChI=1S/C13H16ClNO3/c1-9(8-14)12(16)15-11-4-2-10(3-5-11)13-17-6-7-18-13/h2-5,9,13H,6-8H2,1H3,(H,15,16). The van der Waals surface area contributed by atoms with Crippen molar-refractivity contribution in [1.82, 2.24) is 0 Å². The highest BCUT2D eigenvalue weighted by Crippen LogP contribution is 2.24. The molecule has 1 amide bonds. The van der Waals surface area contributed by atoms with E-state index in [4.69, 9.17) is 21.1 Å². The Morgan fingerprint density at radius 1 is 1.39 bits per heavy atom. The maximum atomic E-state index is 11.6. The summed E-state index contributed by atoms with van der Waals surface area (Å²) in [6.07, 6.45) is -0.281. The summed E-state index contributed by atoms with van der Waals surface area (Å²) in [5.41, 5.74) is 1.70. The zero-order chi connectivity index (χ0) is 13.0. The fourth-order valence-corrected chi connectivity index (χ4v) is 1.75. The minimum Gasteiger partial charge on any atom is -0.346 e. The topological polar surface area (TPSA) is 47.6 Å². The summed E-state index contributed by atoms with van der Waals surface area (Å²) in [6.45, 7) is 3.03. The molecule has 1 aliphatic heterocycles. The quantitative estimate of drug-likeness (QED) is 0.855. The average Bonchev–Trinajstić information content (AvgIpc) is 2.92. The Balaban J connectivity index is 1.97. The van der Waals surface area contributed by atoms with E-state index in [0.29, 0.717) is 19.1 Å². The highest BCUT2D eigenvalue weighted by atomic mass is 35.5. The number of anilines is 1. The van der Waals surface area contributed by atoms with E-state index in [0.717, 1.165) is 11.3 Å². The zero-order valence-corrected chi connectivity index (χ0v) is 10.9. The Morgan fingerprint density at radius 3 is 2.56 bits per heavy atom. The molecule has 98 valence electrons. The third kappa shape index (κ3) is 3.22. The Labute approximate surface area is 111 Å². The molecular formula is C13H16ClNO3. The third-order valence-electron chi connectivity index (χ3n) is 2.75.